The van der Waals surface area contributed by atoms with Crippen LogP contribution >= 0.6 is 11.8 Å². The number of thioether (sulfide) groups is 1. The summed E-state index contributed by atoms with van der Waals surface area (Å²) in [7, 11) is 0. The Bertz CT molecular complexity index is 462. The summed E-state index contributed by atoms with van der Waals surface area (Å²) in [5.74, 6) is 0.413. The molecule has 0 saturated carbocycles. The Morgan fingerprint density at radius 3 is 2.93 bits per heavy atom. The Hall–Kier alpha value is -0.930. The molecule has 0 saturated heterocycles. The minimum Gasteiger partial charge on any atom is -0.361 e. The molecule has 15 heavy (non-hydrogen) atoms. The predicted molar refractivity (Wildman–Crippen MR) is 67.5 cm³/mol. The standard InChI is InChI=1S/C12H16N2S/c1-8(6-13)11-7-14-12-4-3-9(15-2)5-10(11)12/h3-5,7-8,14H,6,13H2,1-2H3. The summed E-state index contributed by atoms with van der Waals surface area (Å²) < 4.78 is 0. The first-order valence-electron chi connectivity index (χ1n) is 5.11. The van der Waals surface area contributed by atoms with Gasteiger partial charge in [0.2, 0.25) is 0 Å². The number of rotatable bonds is 3. The first kappa shape index (κ1) is 10.6. The van der Waals surface area contributed by atoms with Gasteiger partial charge >= 0.3 is 0 Å². The van der Waals surface area contributed by atoms with Gasteiger partial charge in [-0.15, -0.1) is 11.8 Å². The van der Waals surface area contributed by atoms with E-state index in [1.165, 1.54) is 21.4 Å². The Morgan fingerprint density at radius 1 is 1.47 bits per heavy atom. The minimum absolute atomic E-state index is 0.413. The van der Waals surface area contributed by atoms with Crippen LogP contribution in [-0.4, -0.2) is 17.8 Å². The lowest BCUT2D eigenvalue weighted by Crippen LogP contribution is -2.08. The number of aromatic amines is 1. The molecule has 0 radical (unpaired) electrons. The lowest BCUT2D eigenvalue weighted by Gasteiger charge is -2.07. The number of nitrogens with one attached hydrogen (secondary N) is 1. The molecule has 1 aromatic heterocycles. The molecular formula is C12H16N2S. The zero-order valence-corrected chi connectivity index (χ0v) is 9.90. The first-order chi connectivity index (χ1) is 7.26. The van der Waals surface area contributed by atoms with Gasteiger partial charge < -0.3 is 10.7 Å². The second-order valence-electron chi connectivity index (χ2n) is 3.79. The van der Waals surface area contributed by atoms with Crippen LogP contribution in [0.5, 0.6) is 0 Å². The average Bonchev–Trinajstić information content (AvgIpc) is 2.70. The van der Waals surface area contributed by atoms with Gasteiger partial charge in [0.25, 0.3) is 0 Å². The largest absolute Gasteiger partial charge is 0.361 e. The summed E-state index contributed by atoms with van der Waals surface area (Å²) in [6.07, 6.45) is 4.17. The first-order valence-corrected chi connectivity index (χ1v) is 6.34. The molecule has 2 aromatic rings. The summed E-state index contributed by atoms with van der Waals surface area (Å²) in [5.41, 5.74) is 8.23. The van der Waals surface area contributed by atoms with Crippen molar-refractivity contribution in [3.63, 3.8) is 0 Å². The molecule has 0 amide bonds. The molecule has 2 rings (SSSR count). The van der Waals surface area contributed by atoms with E-state index in [9.17, 15) is 0 Å². The summed E-state index contributed by atoms with van der Waals surface area (Å²) in [6.45, 7) is 2.85. The number of nitrogens with two attached hydrogens (primary N) is 1. The topological polar surface area (TPSA) is 41.8 Å². The number of fused-ring (bicyclic) bond motifs is 1. The maximum absolute atomic E-state index is 5.71. The summed E-state index contributed by atoms with van der Waals surface area (Å²) in [5, 5.41) is 1.31. The lowest BCUT2D eigenvalue weighted by atomic mass is 10.0. The van der Waals surface area contributed by atoms with Crippen molar-refractivity contribution in [3.8, 4) is 0 Å². The van der Waals surface area contributed by atoms with E-state index in [1.807, 2.05) is 0 Å². The van der Waals surface area contributed by atoms with E-state index in [1.54, 1.807) is 11.8 Å². The predicted octanol–water partition coefficient (Wildman–Crippen LogP) is 2.95. The van der Waals surface area contributed by atoms with Gasteiger partial charge in [-0.05, 0) is 42.5 Å². The van der Waals surface area contributed by atoms with Crippen LogP contribution in [0.4, 0.5) is 0 Å². The van der Waals surface area contributed by atoms with Gasteiger partial charge in [-0.2, -0.15) is 0 Å². The van der Waals surface area contributed by atoms with E-state index < -0.39 is 0 Å². The smallest absolute Gasteiger partial charge is 0.0457 e. The lowest BCUT2D eigenvalue weighted by molar-refractivity contribution is 0.780. The molecule has 0 aliphatic heterocycles. The van der Waals surface area contributed by atoms with Crippen LogP contribution in [0.15, 0.2) is 29.3 Å². The van der Waals surface area contributed by atoms with Crippen molar-refractivity contribution in [2.24, 2.45) is 5.73 Å². The third-order valence-electron chi connectivity index (χ3n) is 2.81. The van der Waals surface area contributed by atoms with Gasteiger partial charge in [-0.3, -0.25) is 0 Å². The molecule has 0 fully saturated rings. The van der Waals surface area contributed by atoms with Gasteiger partial charge in [0.1, 0.15) is 0 Å². The van der Waals surface area contributed by atoms with Gasteiger partial charge in [0.15, 0.2) is 0 Å². The van der Waals surface area contributed by atoms with Gasteiger partial charge in [-0.1, -0.05) is 6.92 Å². The molecule has 2 nitrogen and oxygen atoms in total. The average molecular weight is 220 g/mol. The molecule has 1 atom stereocenters. The van der Waals surface area contributed by atoms with Crippen molar-refractivity contribution in [2.45, 2.75) is 17.7 Å². The fraction of sp³-hybridized carbons (Fsp3) is 0.333. The molecule has 80 valence electrons. The second-order valence-corrected chi connectivity index (χ2v) is 4.67. The Labute approximate surface area is 94.2 Å². The number of benzene rings is 1. The Balaban J connectivity index is 2.56. The molecule has 1 aromatic carbocycles. The number of aromatic nitrogens is 1. The zero-order chi connectivity index (χ0) is 10.8. The maximum atomic E-state index is 5.71. The SMILES string of the molecule is CSc1ccc2[nH]cc(C(C)CN)c2c1. The van der Waals surface area contributed by atoms with E-state index in [2.05, 4.69) is 42.6 Å². The summed E-state index contributed by atoms with van der Waals surface area (Å²) >= 11 is 1.77. The molecule has 0 spiro atoms. The molecule has 0 aliphatic carbocycles. The van der Waals surface area contributed by atoms with Crippen molar-refractivity contribution in [3.05, 3.63) is 30.0 Å². The van der Waals surface area contributed by atoms with Crippen LogP contribution in [0.25, 0.3) is 10.9 Å². The van der Waals surface area contributed by atoms with E-state index in [-0.39, 0.29) is 0 Å². The van der Waals surface area contributed by atoms with E-state index in [0.717, 1.165) is 0 Å². The van der Waals surface area contributed by atoms with Crippen molar-refractivity contribution >= 4 is 22.7 Å². The van der Waals surface area contributed by atoms with E-state index >= 15 is 0 Å². The van der Waals surface area contributed by atoms with Gasteiger partial charge in [0.05, 0.1) is 0 Å². The summed E-state index contributed by atoms with van der Waals surface area (Å²) in [6, 6.07) is 6.51. The van der Waals surface area contributed by atoms with Crippen LogP contribution < -0.4 is 5.73 Å². The van der Waals surface area contributed by atoms with Crippen LogP contribution in [0.2, 0.25) is 0 Å². The maximum Gasteiger partial charge on any atom is 0.0457 e. The van der Waals surface area contributed by atoms with Gasteiger partial charge in [0, 0.05) is 22.0 Å². The molecule has 0 aliphatic rings. The second kappa shape index (κ2) is 4.29. The zero-order valence-electron chi connectivity index (χ0n) is 9.08. The number of H-pyrrole nitrogens is 1. The van der Waals surface area contributed by atoms with Crippen molar-refractivity contribution in [2.75, 3.05) is 12.8 Å². The van der Waals surface area contributed by atoms with Crippen molar-refractivity contribution in [1.29, 1.82) is 0 Å². The van der Waals surface area contributed by atoms with Crippen LogP contribution in [0.1, 0.15) is 18.4 Å². The molecule has 1 unspecified atom stereocenters. The highest BCUT2D eigenvalue weighted by atomic mass is 32.2. The molecule has 3 heteroatoms. The summed E-state index contributed by atoms with van der Waals surface area (Å²) in [4.78, 5) is 4.59. The molecule has 0 bridgehead atoms. The molecular weight excluding hydrogens is 204 g/mol. The third-order valence-corrected chi connectivity index (χ3v) is 3.53. The van der Waals surface area contributed by atoms with E-state index in [4.69, 9.17) is 5.73 Å². The fourth-order valence-corrected chi connectivity index (χ4v) is 2.22. The third kappa shape index (κ3) is 1.90. The van der Waals surface area contributed by atoms with Crippen LogP contribution in [-0.2, 0) is 0 Å². The Morgan fingerprint density at radius 2 is 2.27 bits per heavy atom. The number of hydrogen-bond acceptors (Lipinski definition) is 2. The highest BCUT2D eigenvalue weighted by Gasteiger charge is 2.09. The minimum atomic E-state index is 0.413. The van der Waals surface area contributed by atoms with Crippen LogP contribution in [0, 0.1) is 0 Å². The molecule has 3 N–H and O–H groups in total. The fourth-order valence-electron chi connectivity index (χ4n) is 1.78. The van der Waals surface area contributed by atoms with Gasteiger partial charge in [-0.25, -0.2) is 0 Å². The number of hydrogen-bond donors (Lipinski definition) is 2. The quantitative estimate of drug-likeness (QED) is 0.781. The Kier molecular flexibility index (Phi) is 3.03. The highest BCUT2D eigenvalue weighted by Crippen LogP contribution is 2.28. The molecule has 1 heterocycles. The monoisotopic (exact) mass is 220 g/mol. The van der Waals surface area contributed by atoms with Crippen molar-refractivity contribution < 1.29 is 0 Å². The van der Waals surface area contributed by atoms with Crippen LogP contribution in [0.3, 0.4) is 0 Å². The van der Waals surface area contributed by atoms with E-state index in [0.29, 0.717) is 12.5 Å². The normalized spacial score (nSPS) is 13.3. The highest BCUT2D eigenvalue weighted by molar-refractivity contribution is 7.98. The van der Waals surface area contributed by atoms with Crippen molar-refractivity contribution in [1.82, 2.24) is 4.98 Å².